The number of benzene rings is 1. The molecule has 1 aliphatic heterocycles. The SMILES string of the molecule is COc1cccc(C2CCN(C(=O)NCCCC(=O)O)CC2)c1. The van der Waals surface area contributed by atoms with Gasteiger partial charge in [0.1, 0.15) is 5.75 Å². The molecule has 1 aromatic carbocycles. The van der Waals surface area contributed by atoms with Crippen molar-refractivity contribution in [3.8, 4) is 5.75 Å². The van der Waals surface area contributed by atoms with Crippen molar-refractivity contribution >= 4 is 12.0 Å². The van der Waals surface area contributed by atoms with Gasteiger partial charge in [-0.25, -0.2) is 4.79 Å². The number of hydrogen-bond donors (Lipinski definition) is 2. The second-order valence-electron chi connectivity index (χ2n) is 5.77. The molecule has 2 N–H and O–H groups in total. The van der Waals surface area contributed by atoms with Crippen LogP contribution >= 0.6 is 0 Å². The molecule has 126 valence electrons. The Kier molecular flexibility index (Phi) is 6.26. The van der Waals surface area contributed by atoms with Crippen LogP contribution in [0.2, 0.25) is 0 Å². The third-order valence-electron chi connectivity index (χ3n) is 4.19. The molecule has 1 aromatic rings. The number of likely N-dealkylation sites (tertiary alicyclic amines) is 1. The first-order valence-electron chi connectivity index (χ1n) is 7.98. The average molecular weight is 320 g/mol. The predicted molar refractivity (Wildman–Crippen MR) is 86.8 cm³/mol. The lowest BCUT2D eigenvalue weighted by atomic mass is 9.89. The van der Waals surface area contributed by atoms with Crippen LogP contribution in [0.5, 0.6) is 5.75 Å². The van der Waals surface area contributed by atoms with Gasteiger partial charge in [-0.15, -0.1) is 0 Å². The van der Waals surface area contributed by atoms with E-state index >= 15 is 0 Å². The van der Waals surface area contributed by atoms with Crippen LogP contribution in [0, 0.1) is 0 Å². The molecule has 0 aromatic heterocycles. The molecular weight excluding hydrogens is 296 g/mol. The summed E-state index contributed by atoms with van der Waals surface area (Å²) in [4.78, 5) is 24.3. The van der Waals surface area contributed by atoms with Gasteiger partial charge in [0.2, 0.25) is 0 Å². The first kappa shape index (κ1) is 17.1. The maximum Gasteiger partial charge on any atom is 0.317 e. The van der Waals surface area contributed by atoms with E-state index in [1.54, 1.807) is 12.0 Å². The highest BCUT2D eigenvalue weighted by molar-refractivity contribution is 5.74. The van der Waals surface area contributed by atoms with Crippen LogP contribution in [0.4, 0.5) is 4.79 Å². The van der Waals surface area contributed by atoms with E-state index in [9.17, 15) is 9.59 Å². The molecule has 2 amide bonds. The lowest BCUT2D eigenvalue weighted by Crippen LogP contribution is -2.44. The van der Waals surface area contributed by atoms with E-state index in [-0.39, 0.29) is 12.5 Å². The lowest BCUT2D eigenvalue weighted by Gasteiger charge is -2.32. The molecule has 0 spiro atoms. The topological polar surface area (TPSA) is 78.9 Å². The Morgan fingerprint density at radius 3 is 2.74 bits per heavy atom. The normalized spacial score (nSPS) is 15.3. The summed E-state index contributed by atoms with van der Waals surface area (Å²) in [6.07, 6.45) is 2.39. The summed E-state index contributed by atoms with van der Waals surface area (Å²) < 4.78 is 5.26. The van der Waals surface area contributed by atoms with Crippen molar-refractivity contribution in [1.82, 2.24) is 10.2 Å². The van der Waals surface area contributed by atoms with E-state index < -0.39 is 5.97 Å². The van der Waals surface area contributed by atoms with E-state index in [1.165, 1.54) is 5.56 Å². The van der Waals surface area contributed by atoms with Crippen molar-refractivity contribution in [1.29, 1.82) is 0 Å². The van der Waals surface area contributed by atoms with Crippen LogP contribution in [-0.2, 0) is 4.79 Å². The minimum absolute atomic E-state index is 0.0815. The first-order valence-corrected chi connectivity index (χ1v) is 7.98. The molecule has 0 aliphatic carbocycles. The van der Waals surface area contributed by atoms with Crippen LogP contribution in [0.15, 0.2) is 24.3 Å². The number of piperidine rings is 1. The molecule has 6 heteroatoms. The minimum atomic E-state index is -0.835. The molecule has 1 aliphatic rings. The number of carboxylic acids is 1. The Balaban J connectivity index is 1.76. The standard InChI is InChI=1S/C17H24N2O4/c1-23-15-5-2-4-14(12-15)13-7-10-19(11-8-13)17(22)18-9-3-6-16(20)21/h2,4-5,12-13H,3,6-11H2,1H3,(H,18,22)(H,20,21). The van der Waals surface area contributed by atoms with Crippen LogP contribution in [0.1, 0.15) is 37.2 Å². The highest BCUT2D eigenvalue weighted by Crippen LogP contribution is 2.29. The van der Waals surface area contributed by atoms with E-state index in [0.717, 1.165) is 18.6 Å². The summed E-state index contributed by atoms with van der Waals surface area (Å²) in [5, 5.41) is 11.4. The molecule has 0 unspecified atom stereocenters. The fraction of sp³-hybridized carbons (Fsp3) is 0.529. The summed E-state index contributed by atoms with van der Waals surface area (Å²) in [6.45, 7) is 1.83. The molecule has 1 saturated heterocycles. The third-order valence-corrected chi connectivity index (χ3v) is 4.19. The van der Waals surface area contributed by atoms with Crippen LogP contribution in [-0.4, -0.2) is 48.8 Å². The minimum Gasteiger partial charge on any atom is -0.497 e. The molecule has 0 saturated carbocycles. The number of nitrogens with zero attached hydrogens (tertiary/aromatic N) is 1. The molecule has 2 rings (SSSR count). The zero-order chi connectivity index (χ0) is 16.7. The number of hydrogen-bond acceptors (Lipinski definition) is 3. The lowest BCUT2D eigenvalue weighted by molar-refractivity contribution is -0.137. The van der Waals surface area contributed by atoms with Gasteiger partial charge in [-0.05, 0) is 42.9 Å². The number of methoxy groups -OCH3 is 1. The van der Waals surface area contributed by atoms with Crippen molar-refractivity contribution in [3.63, 3.8) is 0 Å². The number of amides is 2. The highest BCUT2D eigenvalue weighted by atomic mass is 16.5. The van der Waals surface area contributed by atoms with Gasteiger partial charge in [0.25, 0.3) is 0 Å². The summed E-state index contributed by atoms with van der Waals surface area (Å²) in [6, 6.07) is 8.00. The van der Waals surface area contributed by atoms with Crippen molar-refractivity contribution in [2.24, 2.45) is 0 Å². The molecule has 0 radical (unpaired) electrons. The Morgan fingerprint density at radius 2 is 2.09 bits per heavy atom. The van der Waals surface area contributed by atoms with Gasteiger partial charge in [-0.1, -0.05) is 12.1 Å². The van der Waals surface area contributed by atoms with Crippen LogP contribution in [0.25, 0.3) is 0 Å². The van der Waals surface area contributed by atoms with Crippen LogP contribution < -0.4 is 10.1 Å². The third kappa shape index (κ3) is 5.16. The van der Waals surface area contributed by atoms with Gasteiger partial charge < -0.3 is 20.1 Å². The second kappa shape index (κ2) is 8.41. The molecule has 0 bridgehead atoms. The number of carbonyl (C=O) groups is 2. The zero-order valence-electron chi connectivity index (χ0n) is 13.5. The molecular formula is C17H24N2O4. The average Bonchev–Trinajstić information content (AvgIpc) is 2.58. The molecule has 0 atom stereocenters. The Morgan fingerprint density at radius 1 is 1.35 bits per heavy atom. The number of carbonyl (C=O) groups excluding carboxylic acids is 1. The van der Waals surface area contributed by atoms with Gasteiger partial charge in [0.15, 0.2) is 0 Å². The summed E-state index contributed by atoms with van der Waals surface area (Å²) in [5.41, 5.74) is 1.26. The predicted octanol–water partition coefficient (Wildman–Crippen LogP) is 2.45. The van der Waals surface area contributed by atoms with E-state index in [1.807, 2.05) is 12.1 Å². The number of carboxylic acid groups (broad SMARTS) is 1. The Bertz CT molecular complexity index is 539. The van der Waals surface area contributed by atoms with E-state index in [4.69, 9.17) is 9.84 Å². The molecule has 23 heavy (non-hydrogen) atoms. The first-order chi connectivity index (χ1) is 11.1. The van der Waals surface area contributed by atoms with Crippen molar-refractivity contribution in [3.05, 3.63) is 29.8 Å². The number of ether oxygens (including phenoxy) is 1. The smallest absolute Gasteiger partial charge is 0.317 e. The van der Waals surface area contributed by atoms with Gasteiger partial charge >= 0.3 is 12.0 Å². The number of rotatable bonds is 6. The van der Waals surface area contributed by atoms with E-state index in [0.29, 0.717) is 32.0 Å². The Labute approximate surface area is 136 Å². The maximum atomic E-state index is 12.0. The second-order valence-corrected chi connectivity index (χ2v) is 5.77. The molecule has 1 heterocycles. The highest BCUT2D eigenvalue weighted by Gasteiger charge is 2.23. The van der Waals surface area contributed by atoms with Crippen LogP contribution in [0.3, 0.4) is 0 Å². The fourth-order valence-electron chi connectivity index (χ4n) is 2.86. The maximum absolute atomic E-state index is 12.0. The molecule has 1 fully saturated rings. The van der Waals surface area contributed by atoms with Gasteiger partial charge in [-0.3, -0.25) is 4.79 Å². The molecule has 6 nitrogen and oxygen atoms in total. The number of nitrogens with one attached hydrogen (secondary N) is 1. The van der Waals surface area contributed by atoms with Gasteiger partial charge in [0.05, 0.1) is 7.11 Å². The van der Waals surface area contributed by atoms with Gasteiger partial charge in [-0.2, -0.15) is 0 Å². The number of urea groups is 1. The van der Waals surface area contributed by atoms with Gasteiger partial charge in [0, 0.05) is 26.1 Å². The monoisotopic (exact) mass is 320 g/mol. The summed E-state index contributed by atoms with van der Waals surface area (Å²) >= 11 is 0. The van der Waals surface area contributed by atoms with Crippen molar-refractivity contribution < 1.29 is 19.4 Å². The zero-order valence-corrected chi connectivity index (χ0v) is 13.5. The van der Waals surface area contributed by atoms with Crippen molar-refractivity contribution in [2.45, 2.75) is 31.6 Å². The summed E-state index contributed by atoms with van der Waals surface area (Å²) in [7, 11) is 1.66. The van der Waals surface area contributed by atoms with E-state index in [2.05, 4.69) is 17.4 Å². The quantitative estimate of drug-likeness (QED) is 0.789. The fourth-order valence-corrected chi connectivity index (χ4v) is 2.86. The Hall–Kier alpha value is -2.24. The van der Waals surface area contributed by atoms with Crippen molar-refractivity contribution in [2.75, 3.05) is 26.7 Å². The summed E-state index contributed by atoms with van der Waals surface area (Å²) in [5.74, 6) is 0.473. The largest absolute Gasteiger partial charge is 0.497 e. The number of aliphatic carboxylic acids is 1.